The number of ether oxygens (including phenoxy) is 1. The minimum absolute atomic E-state index is 0.661. The van der Waals surface area contributed by atoms with Crippen LogP contribution >= 0.6 is 0 Å². The predicted octanol–water partition coefficient (Wildman–Crippen LogP) is 1.54. The van der Waals surface area contributed by atoms with Crippen LogP contribution < -0.4 is 4.74 Å². The lowest BCUT2D eigenvalue weighted by Gasteiger charge is -2.15. The molecule has 1 aromatic rings. The molecular formula is C9H14N2O. The van der Waals surface area contributed by atoms with Gasteiger partial charge >= 0.3 is 0 Å². The van der Waals surface area contributed by atoms with E-state index in [0.717, 1.165) is 18.8 Å². The average Bonchev–Trinajstić information content (AvgIpc) is 2.46. The number of hydrogen-bond acceptors (Lipinski definition) is 2. The van der Waals surface area contributed by atoms with E-state index in [1.54, 1.807) is 7.11 Å². The maximum Gasteiger partial charge on any atom is 0.293 e. The molecule has 2 rings (SSSR count). The molecule has 0 aliphatic heterocycles. The Labute approximate surface area is 72.2 Å². The quantitative estimate of drug-likeness (QED) is 0.687. The Hall–Kier alpha value is -0.990. The zero-order valence-electron chi connectivity index (χ0n) is 7.55. The Morgan fingerprint density at radius 1 is 1.58 bits per heavy atom. The molecule has 1 atom stereocenters. The Balaban J connectivity index is 2.28. The van der Waals surface area contributed by atoms with E-state index in [-0.39, 0.29) is 0 Å². The number of aromatic nitrogens is 2. The number of imidazole rings is 1. The van der Waals surface area contributed by atoms with Gasteiger partial charge in [0.25, 0.3) is 6.01 Å². The predicted molar refractivity (Wildman–Crippen MR) is 46.3 cm³/mol. The highest BCUT2D eigenvalue weighted by Gasteiger charge is 2.18. The fourth-order valence-electron chi connectivity index (χ4n) is 1.73. The maximum absolute atomic E-state index is 5.04. The monoisotopic (exact) mass is 166 g/mol. The van der Waals surface area contributed by atoms with Crippen LogP contribution in [0.2, 0.25) is 0 Å². The van der Waals surface area contributed by atoms with E-state index >= 15 is 0 Å². The second kappa shape index (κ2) is 2.81. The van der Waals surface area contributed by atoms with Crippen LogP contribution in [0, 0.1) is 5.92 Å². The summed E-state index contributed by atoms with van der Waals surface area (Å²) < 4.78 is 5.04. The van der Waals surface area contributed by atoms with Crippen molar-refractivity contribution in [3.05, 3.63) is 11.4 Å². The number of H-pyrrole nitrogens is 1. The molecule has 0 aromatic carbocycles. The van der Waals surface area contributed by atoms with E-state index in [4.69, 9.17) is 4.74 Å². The molecule has 1 unspecified atom stereocenters. The summed E-state index contributed by atoms with van der Waals surface area (Å²) in [5.41, 5.74) is 2.47. The SMILES string of the molecule is COc1nc2c([nH]1)CC(C)CC2. The highest BCUT2D eigenvalue weighted by atomic mass is 16.5. The third-order valence-corrected chi connectivity index (χ3v) is 2.46. The lowest BCUT2D eigenvalue weighted by molar-refractivity contribution is 0.383. The number of nitrogens with zero attached hydrogens (tertiary/aromatic N) is 1. The van der Waals surface area contributed by atoms with Gasteiger partial charge in [-0.1, -0.05) is 6.92 Å². The third-order valence-electron chi connectivity index (χ3n) is 2.46. The molecule has 3 nitrogen and oxygen atoms in total. The van der Waals surface area contributed by atoms with Crippen LogP contribution in [0.1, 0.15) is 24.7 Å². The second-order valence-electron chi connectivity index (χ2n) is 3.52. The summed E-state index contributed by atoms with van der Waals surface area (Å²) in [6.45, 7) is 2.27. The van der Waals surface area contributed by atoms with Crippen molar-refractivity contribution in [2.75, 3.05) is 7.11 Å². The fraction of sp³-hybridized carbons (Fsp3) is 0.667. The van der Waals surface area contributed by atoms with E-state index in [1.165, 1.54) is 17.8 Å². The lowest BCUT2D eigenvalue weighted by atomic mass is 9.92. The van der Waals surface area contributed by atoms with Gasteiger partial charge in [0.05, 0.1) is 12.8 Å². The van der Waals surface area contributed by atoms with Crippen LogP contribution in [-0.2, 0) is 12.8 Å². The number of aromatic amines is 1. The summed E-state index contributed by atoms with van der Waals surface area (Å²) in [6.07, 6.45) is 3.46. The van der Waals surface area contributed by atoms with Gasteiger partial charge in [0.15, 0.2) is 0 Å². The number of fused-ring (bicyclic) bond motifs is 1. The molecular weight excluding hydrogens is 152 g/mol. The van der Waals surface area contributed by atoms with E-state index in [0.29, 0.717) is 6.01 Å². The summed E-state index contributed by atoms with van der Waals surface area (Å²) in [5, 5.41) is 0. The topological polar surface area (TPSA) is 37.9 Å². The van der Waals surface area contributed by atoms with Crippen LogP contribution in [0.4, 0.5) is 0 Å². The van der Waals surface area contributed by atoms with Crippen LogP contribution in [-0.4, -0.2) is 17.1 Å². The van der Waals surface area contributed by atoms with Gasteiger partial charge in [-0.3, -0.25) is 0 Å². The first-order valence-corrected chi connectivity index (χ1v) is 4.41. The van der Waals surface area contributed by atoms with E-state index in [2.05, 4.69) is 16.9 Å². The van der Waals surface area contributed by atoms with Crippen molar-refractivity contribution in [1.82, 2.24) is 9.97 Å². The molecule has 3 heteroatoms. The number of aryl methyl sites for hydroxylation is 1. The summed E-state index contributed by atoms with van der Waals surface area (Å²) in [5.74, 6) is 0.780. The van der Waals surface area contributed by atoms with Gasteiger partial charge in [0.1, 0.15) is 0 Å². The van der Waals surface area contributed by atoms with Gasteiger partial charge in [-0.15, -0.1) is 0 Å². The summed E-state index contributed by atoms with van der Waals surface area (Å²) in [4.78, 5) is 7.51. The van der Waals surface area contributed by atoms with Crippen LogP contribution in [0.25, 0.3) is 0 Å². The van der Waals surface area contributed by atoms with Crippen molar-refractivity contribution in [1.29, 1.82) is 0 Å². The lowest BCUT2D eigenvalue weighted by Crippen LogP contribution is -2.10. The van der Waals surface area contributed by atoms with Crippen molar-refractivity contribution < 1.29 is 4.74 Å². The number of nitrogens with one attached hydrogen (secondary N) is 1. The first kappa shape index (κ1) is 7.65. The number of hydrogen-bond donors (Lipinski definition) is 1. The summed E-state index contributed by atoms with van der Waals surface area (Å²) in [7, 11) is 1.65. The van der Waals surface area contributed by atoms with Crippen molar-refractivity contribution >= 4 is 0 Å². The zero-order chi connectivity index (χ0) is 8.55. The number of methoxy groups -OCH3 is 1. The Morgan fingerprint density at radius 3 is 3.17 bits per heavy atom. The van der Waals surface area contributed by atoms with Crippen LogP contribution in [0.3, 0.4) is 0 Å². The van der Waals surface area contributed by atoms with Gasteiger partial charge in [-0.05, 0) is 25.2 Å². The molecule has 0 spiro atoms. The maximum atomic E-state index is 5.04. The Morgan fingerprint density at radius 2 is 2.42 bits per heavy atom. The van der Waals surface area contributed by atoms with Gasteiger partial charge in [-0.25, -0.2) is 4.98 Å². The number of rotatable bonds is 1. The standard InChI is InChI=1S/C9H14N2O/c1-6-3-4-7-8(5-6)11-9(10-7)12-2/h6H,3-5H2,1-2H3,(H,10,11). The third kappa shape index (κ3) is 1.19. The zero-order valence-corrected chi connectivity index (χ0v) is 7.55. The van der Waals surface area contributed by atoms with Gasteiger partial charge in [-0.2, -0.15) is 0 Å². The smallest absolute Gasteiger partial charge is 0.293 e. The highest BCUT2D eigenvalue weighted by molar-refractivity contribution is 5.20. The van der Waals surface area contributed by atoms with Gasteiger partial charge < -0.3 is 9.72 Å². The molecule has 1 aliphatic carbocycles. The minimum Gasteiger partial charge on any atom is -0.468 e. The average molecular weight is 166 g/mol. The molecule has 0 bridgehead atoms. The van der Waals surface area contributed by atoms with Gasteiger partial charge in [0.2, 0.25) is 0 Å². The molecule has 0 amide bonds. The molecule has 1 heterocycles. The van der Waals surface area contributed by atoms with Crippen LogP contribution in [0.5, 0.6) is 6.01 Å². The van der Waals surface area contributed by atoms with Crippen molar-refractivity contribution in [2.45, 2.75) is 26.2 Å². The molecule has 66 valence electrons. The Kier molecular flexibility index (Phi) is 1.79. The molecule has 1 N–H and O–H groups in total. The van der Waals surface area contributed by atoms with Crippen molar-refractivity contribution in [2.24, 2.45) is 5.92 Å². The first-order chi connectivity index (χ1) is 5.79. The minimum atomic E-state index is 0.661. The Bertz CT molecular complexity index is 280. The second-order valence-corrected chi connectivity index (χ2v) is 3.52. The van der Waals surface area contributed by atoms with E-state index < -0.39 is 0 Å². The normalized spacial score (nSPS) is 22.0. The molecule has 12 heavy (non-hydrogen) atoms. The molecule has 0 saturated carbocycles. The highest BCUT2D eigenvalue weighted by Crippen LogP contribution is 2.24. The molecule has 1 aromatic heterocycles. The van der Waals surface area contributed by atoms with E-state index in [1.807, 2.05) is 0 Å². The van der Waals surface area contributed by atoms with E-state index in [9.17, 15) is 0 Å². The fourth-order valence-corrected chi connectivity index (χ4v) is 1.73. The van der Waals surface area contributed by atoms with Gasteiger partial charge in [0, 0.05) is 5.69 Å². The van der Waals surface area contributed by atoms with Crippen molar-refractivity contribution in [3.8, 4) is 6.01 Å². The molecule has 0 radical (unpaired) electrons. The molecule has 1 aliphatic rings. The molecule has 0 fully saturated rings. The van der Waals surface area contributed by atoms with Crippen molar-refractivity contribution in [3.63, 3.8) is 0 Å². The summed E-state index contributed by atoms with van der Waals surface area (Å²) >= 11 is 0. The first-order valence-electron chi connectivity index (χ1n) is 4.41. The largest absolute Gasteiger partial charge is 0.468 e. The van der Waals surface area contributed by atoms with Crippen LogP contribution in [0.15, 0.2) is 0 Å². The summed E-state index contributed by atoms with van der Waals surface area (Å²) in [6, 6.07) is 0.661. The molecule has 0 saturated heterocycles.